The van der Waals surface area contributed by atoms with E-state index in [4.69, 9.17) is 9.68 Å². The Balaban J connectivity index is 3.22. The molecule has 0 aromatic carbocycles. The number of nitrogens with zero attached hydrogens (tertiary/aromatic N) is 1. The first-order valence-electron chi connectivity index (χ1n) is 5.00. The number of carbonyl (C=O) groups is 1. The lowest BCUT2D eigenvalue weighted by Crippen LogP contribution is -2.06. The van der Waals surface area contributed by atoms with Gasteiger partial charge in [-0.2, -0.15) is 5.26 Å². The number of esters is 1. The van der Waals surface area contributed by atoms with Gasteiger partial charge in [-0.15, -0.1) is 0 Å². The monoisotopic (exact) mass is 219 g/mol. The van der Waals surface area contributed by atoms with Gasteiger partial charge in [-0.25, -0.2) is 4.79 Å². The molecule has 0 bridgehead atoms. The van der Waals surface area contributed by atoms with E-state index in [1.807, 2.05) is 13.0 Å². The van der Waals surface area contributed by atoms with Gasteiger partial charge in [0.05, 0.1) is 13.4 Å². The van der Waals surface area contributed by atoms with Gasteiger partial charge in [0.1, 0.15) is 17.4 Å². The average molecular weight is 219 g/mol. The van der Waals surface area contributed by atoms with Gasteiger partial charge in [-0.1, -0.05) is 13.3 Å². The van der Waals surface area contributed by atoms with Gasteiger partial charge in [0.25, 0.3) is 0 Å². The van der Waals surface area contributed by atoms with Crippen LogP contribution in [0.2, 0.25) is 0 Å². The molecule has 84 valence electrons. The van der Waals surface area contributed by atoms with Crippen LogP contribution in [0.1, 0.15) is 25.5 Å². The van der Waals surface area contributed by atoms with E-state index in [-0.39, 0.29) is 5.57 Å². The van der Waals surface area contributed by atoms with Crippen LogP contribution in [-0.2, 0) is 9.53 Å². The van der Waals surface area contributed by atoms with E-state index < -0.39 is 5.97 Å². The molecule has 0 aliphatic heterocycles. The maximum Gasteiger partial charge on any atom is 0.349 e. The lowest BCUT2D eigenvalue weighted by Gasteiger charge is -2.05. The smallest absolute Gasteiger partial charge is 0.349 e. The first-order chi connectivity index (χ1) is 7.74. The van der Waals surface area contributed by atoms with Crippen LogP contribution in [0, 0.1) is 11.3 Å². The van der Waals surface area contributed by atoms with Gasteiger partial charge in [0.2, 0.25) is 0 Å². The minimum atomic E-state index is -0.623. The zero-order valence-electron chi connectivity index (χ0n) is 9.32. The summed E-state index contributed by atoms with van der Waals surface area (Å²) in [6.07, 6.45) is 2.93. The number of ether oxygens (including phenoxy) is 1. The number of methoxy groups -OCH3 is 1. The average Bonchev–Trinajstić information content (AvgIpc) is 2.81. The van der Waals surface area contributed by atoms with Crippen LogP contribution in [0.25, 0.3) is 5.57 Å². The Kier molecular flexibility index (Phi) is 4.34. The predicted molar refractivity (Wildman–Crippen MR) is 58.2 cm³/mol. The van der Waals surface area contributed by atoms with Crippen molar-refractivity contribution in [1.82, 2.24) is 0 Å². The highest BCUT2D eigenvalue weighted by Crippen LogP contribution is 2.24. The number of allylic oxidation sites excluding steroid dienone is 1. The van der Waals surface area contributed by atoms with Crippen molar-refractivity contribution in [2.45, 2.75) is 19.8 Å². The molecule has 16 heavy (non-hydrogen) atoms. The summed E-state index contributed by atoms with van der Waals surface area (Å²) < 4.78 is 9.78. The Labute approximate surface area is 94.1 Å². The Morgan fingerprint density at radius 2 is 2.38 bits per heavy atom. The second kappa shape index (κ2) is 5.76. The molecule has 0 spiro atoms. The zero-order valence-corrected chi connectivity index (χ0v) is 9.32. The third-order valence-corrected chi connectivity index (χ3v) is 2.12. The van der Waals surface area contributed by atoms with E-state index in [9.17, 15) is 4.79 Å². The van der Waals surface area contributed by atoms with Crippen LogP contribution in [0.15, 0.2) is 28.4 Å². The molecule has 0 amide bonds. The maximum atomic E-state index is 11.4. The first kappa shape index (κ1) is 12.1. The molecule has 0 aliphatic carbocycles. The van der Waals surface area contributed by atoms with Gasteiger partial charge < -0.3 is 9.15 Å². The Morgan fingerprint density at radius 1 is 1.62 bits per heavy atom. The summed E-state index contributed by atoms with van der Waals surface area (Å²) in [4.78, 5) is 11.4. The Hall–Kier alpha value is -2.02. The number of nitriles is 1. The summed E-state index contributed by atoms with van der Waals surface area (Å²) in [6.45, 7) is 1.97. The van der Waals surface area contributed by atoms with Crippen LogP contribution in [-0.4, -0.2) is 13.1 Å². The summed E-state index contributed by atoms with van der Waals surface area (Å²) in [7, 11) is 1.26. The molecule has 1 rings (SSSR count). The van der Waals surface area contributed by atoms with Gasteiger partial charge in [0.15, 0.2) is 0 Å². The van der Waals surface area contributed by atoms with Crippen molar-refractivity contribution in [3.05, 3.63) is 29.7 Å². The molecule has 4 heteroatoms. The highest BCUT2D eigenvalue weighted by Gasteiger charge is 2.18. The summed E-state index contributed by atoms with van der Waals surface area (Å²) >= 11 is 0. The van der Waals surface area contributed by atoms with Crippen LogP contribution in [0.4, 0.5) is 0 Å². The van der Waals surface area contributed by atoms with Crippen molar-refractivity contribution in [2.24, 2.45) is 0 Å². The highest BCUT2D eigenvalue weighted by molar-refractivity contribution is 6.01. The summed E-state index contributed by atoms with van der Waals surface area (Å²) in [5.74, 6) is -0.0776. The number of furan rings is 1. The standard InChI is InChI=1S/C12H13NO3/c1-3-5-9(11-6-4-7-16-11)10(8-13)12(14)15-2/h4,6-7H,3,5H2,1-2H3/b10-9-. The molecule has 0 N–H and O–H groups in total. The molecule has 1 aromatic heterocycles. The Morgan fingerprint density at radius 3 is 2.81 bits per heavy atom. The number of carbonyl (C=O) groups excluding carboxylic acids is 1. The lowest BCUT2D eigenvalue weighted by molar-refractivity contribution is -0.135. The minimum Gasteiger partial charge on any atom is -0.465 e. The van der Waals surface area contributed by atoms with Gasteiger partial charge in [0, 0.05) is 5.57 Å². The molecule has 0 radical (unpaired) electrons. The lowest BCUT2D eigenvalue weighted by atomic mass is 10.0. The van der Waals surface area contributed by atoms with Crippen molar-refractivity contribution in [3.63, 3.8) is 0 Å². The van der Waals surface area contributed by atoms with Gasteiger partial charge >= 0.3 is 5.97 Å². The molecule has 0 aliphatic rings. The van der Waals surface area contributed by atoms with Crippen LogP contribution < -0.4 is 0 Å². The fourth-order valence-corrected chi connectivity index (χ4v) is 1.41. The molecule has 0 atom stereocenters. The third-order valence-electron chi connectivity index (χ3n) is 2.12. The minimum absolute atomic E-state index is 0.0132. The summed E-state index contributed by atoms with van der Waals surface area (Å²) in [6, 6.07) is 5.32. The van der Waals surface area contributed by atoms with E-state index in [0.717, 1.165) is 6.42 Å². The van der Waals surface area contributed by atoms with Crippen molar-refractivity contribution >= 4 is 11.5 Å². The van der Waals surface area contributed by atoms with Crippen molar-refractivity contribution < 1.29 is 13.9 Å². The molecule has 0 saturated carbocycles. The van der Waals surface area contributed by atoms with E-state index in [1.54, 1.807) is 12.1 Å². The number of hydrogen-bond acceptors (Lipinski definition) is 4. The maximum absolute atomic E-state index is 11.4. The van der Waals surface area contributed by atoms with Crippen LogP contribution >= 0.6 is 0 Å². The molecular weight excluding hydrogens is 206 g/mol. The molecule has 0 saturated heterocycles. The van der Waals surface area contributed by atoms with Gasteiger partial charge in [-0.3, -0.25) is 0 Å². The normalized spacial score (nSPS) is 11.6. The third kappa shape index (κ3) is 2.51. The van der Waals surface area contributed by atoms with Crippen LogP contribution in [0.5, 0.6) is 0 Å². The number of rotatable bonds is 4. The predicted octanol–water partition coefficient (Wildman–Crippen LogP) is 2.53. The van der Waals surface area contributed by atoms with Crippen molar-refractivity contribution in [1.29, 1.82) is 5.26 Å². The Bertz CT molecular complexity index is 424. The SMILES string of the molecule is CCC/C(=C(\C#N)C(=O)OC)c1ccco1. The molecule has 1 aromatic rings. The van der Waals surface area contributed by atoms with E-state index in [2.05, 4.69) is 4.74 Å². The highest BCUT2D eigenvalue weighted by atomic mass is 16.5. The zero-order chi connectivity index (χ0) is 12.0. The van der Waals surface area contributed by atoms with E-state index in [1.165, 1.54) is 13.4 Å². The quantitative estimate of drug-likeness (QED) is 0.443. The molecule has 0 unspecified atom stereocenters. The van der Waals surface area contributed by atoms with Crippen molar-refractivity contribution in [2.75, 3.05) is 7.11 Å². The molecule has 1 heterocycles. The number of hydrogen-bond donors (Lipinski definition) is 0. The summed E-state index contributed by atoms with van der Waals surface area (Å²) in [5, 5.41) is 8.97. The second-order valence-electron chi connectivity index (χ2n) is 3.18. The van der Waals surface area contributed by atoms with Crippen molar-refractivity contribution in [3.8, 4) is 6.07 Å². The topological polar surface area (TPSA) is 63.2 Å². The van der Waals surface area contributed by atoms with E-state index in [0.29, 0.717) is 17.8 Å². The largest absolute Gasteiger partial charge is 0.465 e. The fraction of sp³-hybridized carbons (Fsp3) is 0.333. The molecular formula is C12H13NO3. The van der Waals surface area contributed by atoms with E-state index >= 15 is 0 Å². The first-order valence-corrected chi connectivity index (χ1v) is 5.00. The second-order valence-corrected chi connectivity index (χ2v) is 3.18. The molecule has 4 nitrogen and oxygen atoms in total. The molecule has 0 fully saturated rings. The fourth-order valence-electron chi connectivity index (χ4n) is 1.41. The summed E-state index contributed by atoms with van der Waals surface area (Å²) in [5.41, 5.74) is 0.612. The van der Waals surface area contributed by atoms with Crippen LogP contribution in [0.3, 0.4) is 0 Å². The van der Waals surface area contributed by atoms with Gasteiger partial charge in [-0.05, 0) is 18.6 Å².